The second kappa shape index (κ2) is 7.45. The van der Waals surface area contributed by atoms with Gasteiger partial charge in [-0.05, 0) is 19.1 Å². The van der Waals surface area contributed by atoms with Crippen molar-refractivity contribution in [2.24, 2.45) is 0 Å². The van der Waals surface area contributed by atoms with Gasteiger partial charge in [0.2, 0.25) is 11.0 Å². The molecule has 0 radical (unpaired) electrons. The Morgan fingerprint density at radius 1 is 1.29 bits per heavy atom. The number of nitrogens with zero attached hydrogens (tertiary/aromatic N) is 4. The highest BCUT2D eigenvalue weighted by Crippen LogP contribution is 2.25. The highest BCUT2D eigenvalue weighted by atomic mass is 32.2. The molecule has 0 bridgehead atoms. The fourth-order valence-electron chi connectivity index (χ4n) is 2.03. The molecule has 0 saturated heterocycles. The fraction of sp³-hybridized carbons (Fsp3) is 0.200. The average molecular weight is 360 g/mol. The smallest absolute Gasteiger partial charge is 0.235 e. The number of carbonyl (C=O) groups excluding carboxylic acids is 1. The summed E-state index contributed by atoms with van der Waals surface area (Å²) in [4.78, 5) is 12.2. The number of para-hydroxylation sites is 1. The summed E-state index contributed by atoms with van der Waals surface area (Å²) in [5.74, 6) is 0.799. The number of hydrogen-bond acceptors (Lipinski definition) is 7. The Labute approximate surface area is 147 Å². The van der Waals surface area contributed by atoms with Crippen LogP contribution in [0.5, 0.6) is 0 Å². The number of rotatable bonds is 6. The van der Waals surface area contributed by atoms with E-state index >= 15 is 0 Å². The van der Waals surface area contributed by atoms with Crippen molar-refractivity contribution in [3.63, 3.8) is 0 Å². The third-order valence-corrected chi connectivity index (χ3v) is 5.12. The van der Waals surface area contributed by atoms with Crippen LogP contribution in [0.2, 0.25) is 0 Å². The van der Waals surface area contributed by atoms with Gasteiger partial charge in [0.25, 0.3) is 0 Å². The molecule has 0 unspecified atom stereocenters. The van der Waals surface area contributed by atoms with Crippen LogP contribution in [0.1, 0.15) is 5.69 Å². The van der Waals surface area contributed by atoms with Crippen LogP contribution in [-0.2, 0) is 4.79 Å². The molecule has 0 aliphatic carbocycles. The number of aryl methyl sites for hydroxylation is 1. The number of hydrogen-bond donors (Lipinski definition) is 2. The summed E-state index contributed by atoms with van der Waals surface area (Å²) in [6, 6.07) is 11.5. The highest BCUT2D eigenvalue weighted by Gasteiger charge is 2.12. The lowest BCUT2D eigenvalue weighted by atomic mass is 10.3. The van der Waals surface area contributed by atoms with Crippen molar-refractivity contribution in [1.82, 2.24) is 20.0 Å². The molecule has 2 N–H and O–H groups in total. The second-order valence-electron chi connectivity index (χ2n) is 4.88. The van der Waals surface area contributed by atoms with E-state index in [9.17, 15) is 4.79 Å². The van der Waals surface area contributed by atoms with Gasteiger partial charge in [-0.2, -0.15) is 5.10 Å². The van der Waals surface area contributed by atoms with E-state index in [4.69, 9.17) is 0 Å². The van der Waals surface area contributed by atoms with Crippen LogP contribution in [0.15, 0.2) is 40.7 Å². The summed E-state index contributed by atoms with van der Waals surface area (Å²) in [5.41, 5.74) is 1.74. The molecule has 3 aromatic rings. The maximum Gasteiger partial charge on any atom is 0.235 e. The van der Waals surface area contributed by atoms with Crippen molar-refractivity contribution in [1.29, 1.82) is 0 Å². The molecule has 0 aliphatic rings. The zero-order valence-corrected chi connectivity index (χ0v) is 14.8. The van der Waals surface area contributed by atoms with Crippen LogP contribution >= 0.6 is 23.1 Å². The lowest BCUT2D eigenvalue weighted by Crippen LogP contribution is -2.16. The summed E-state index contributed by atoms with van der Waals surface area (Å²) in [6.45, 7) is 1.89. The van der Waals surface area contributed by atoms with Gasteiger partial charge < -0.3 is 10.6 Å². The third-order valence-electron chi connectivity index (χ3n) is 3.05. The molecular formula is C15H16N6OS2. The Bertz CT molecular complexity index is 830. The first-order chi connectivity index (χ1) is 11.7. The van der Waals surface area contributed by atoms with Gasteiger partial charge in [-0.1, -0.05) is 41.3 Å². The largest absolute Gasteiger partial charge is 0.363 e. The van der Waals surface area contributed by atoms with E-state index in [2.05, 4.69) is 25.9 Å². The van der Waals surface area contributed by atoms with Crippen molar-refractivity contribution in [3.8, 4) is 5.69 Å². The van der Waals surface area contributed by atoms with E-state index in [1.165, 1.54) is 23.1 Å². The van der Waals surface area contributed by atoms with Crippen molar-refractivity contribution in [3.05, 3.63) is 42.1 Å². The van der Waals surface area contributed by atoms with Crippen molar-refractivity contribution in [2.45, 2.75) is 11.3 Å². The third kappa shape index (κ3) is 3.92. The minimum Gasteiger partial charge on any atom is -0.363 e. The summed E-state index contributed by atoms with van der Waals surface area (Å²) in [5, 5.41) is 18.9. The minimum atomic E-state index is -0.113. The molecule has 0 saturated carbocycles. The van der Waals surface area contributed by atoms with Crippen LogP contribution in [0.25, 0.3) is 5.69 Å². The standard InChI is InChI=1S/C15H16N6OS2/c1-10-8-12(21(20-10)11-6-4-3-5-7-11)17-13(22)9-23-15-19-18-14(16-2)24-15/h3-8H,9H2,1-2H3,(H,16,18)(H,17,22). The van der Waals surface area contributed by atoms with Crippen LogP contribution in [0, 0.1) is 6.92 Å². The second-order valence-corrected chi connectivity index (χ2v) is 7.08. The number of anilines is 2. The van der Waals surface area contributed by atoms with Gasteiger partial charge in [-0.15, -0.1) is 10.2 Å². The SMILES string of the molecule is CNc1nnc(SCC(=O)Nc2cc(C)nn2-c2ccccc2)s1. The number of amides is 1. The lowest BCUT2D eigenvalue weighted by molar-refractivity contribution is -0.113. The van der Waals surface area contributed by atoms with Gasteiger partial charge in [0.15, 0.2) is 4.34 Å². The molecule has 2 aromatic heterocycles. The topological polar surface area (TPSA) is 84.7 Å². The zero-order valence-electron chi connectivity index (χ0n) is 13.2. The van der Waals surface area contributed by atoms with E-state index in [-0.39, 0.29) is 11.7 Å². The Morgan fingerprint density at radius 2 is 2.08 bits per heavy atom. The molecule has 124 valence electrons. The Morgan fingerprint density at radius 3 is 2.79 bits per heavy atom. The summed E-state index contributed by atoms with van der Waals surface area (Å²) >= 11 is 2.77. The van der Waals surface area contributed by atoms with E-state index in [1.807, 2.05) is 43.3 Å². The van der Waals surface area contributed by atoms with Gasteiger partial charge in [-0.25, -0.2) is 4.68 Å². The van der Waals surface area contributed by atoms with E-state index in [0.29, 0.717) is 5.82 Å². The molecule has 1 amide bonds. The average Bonchev–Trinajstić information content (AvgIpc) is 3.20. The maximum atomic E-state index is 12.2. The molecule has 0 atom stereocenters. The Hall–Kier alpha value is -2.39. The molecule has 3 rings (SSSR count). The Kier molecular flexibility index (Phi) is 5.11. The monoisotopic (exact) mass is 360 g/mol. The van der Waals surface area contributed by atoms with Gasteiger partial charge in [0, 0.05) is 13.1 Å². The molecule has 0 fully saturated rings. The normalized spacial score (nSPS) is 10.6. The van der Waals surface area contributed by atoms with E-state index < -0.39 is 0 Å². The quantitative estimate of drug-likeness (QED) is 0.658. The Balaban J connectivity index is 1.66. The van der Waals surface area contributed by atoms with Crippen LogP contribution < -0.4 is 10.6 Å². The molecule has 0 spiro atoms. The minimum absolute atomic E-state index is 0.113. The maximum absolute atomic E-state index is 12.2. The van der Waals surface area contributed by atoms with Crippen LogP contribution in [-0.4, -0.2) is 38.7 Å². The predicted octanol–water partition coefficient (Wildman–Crippen LogP) is 2.80. The predicted molar refractivity (Wildman–Crippen MR) is 97.1 cm³/mol. The summed E-state index contributed by atoms with van der Waals surface area (Å²) in [7, 11) is 1.79. The molecule has 9 heteroatoms. The molecule has 1 aromatic carbocycles. The highest BCUT2D eigenvalue weighted by molar-refractivity contribution is 8.01. The lowest BCUT2D eigenvalue weighted by Gasteiger charge is -2.08. The first-order valence-corrected chi connectivity index (χ1v) is 9.02. The fourth-order valence-corrected chi connectivity index (χ4v) is 3.54. The van der Waals surface area contributed by atoms with Crippen molar-refractivity contribution in [2.75, 3.05) is 23.4 Å². The van der Waals surface area contributed by atoms with Crippen LogP contribution in [0.3, 0.4) is 0 Å². The van der Waals surface area contributed by atoms with E-state index in [0.717, 1.165) is 20.9 Å². The molecule has 7 nitrogen and oxygen atoms in total. The van der Waals surface area contributed by atoms with Crippen LogP contribution in [0.4, 0.5) is 10.9 Å². The van der Waals surface area contributed by atoms with Gasteiger partial charge >= 0.3 is 0 Å². The van der Waals surface area contributed by atoms with Gasteiger partial charge in [0.1, 0.15) is 5.82 Å². The number of nitrogens with one attached hydrogen (secondary N) is 2. The molecule has 0 aliphatic heterocycles. The number of benzene rings is 1. The summed E-state index contributed by atoms with van der Waals surface area (Å²) < 4.78 is 2.48. The number of aromatic nitrogens is 4. The van der Waals surface area contributed by atoms with Crippen molar-refractivity contribution >= 4 is 40.0 Å². The van der Waals surface area contributed by atoms with Gasteiger partial charge in [0.05, 0.1) is 17.1 Å². The first-order valence-electron chi connectivity index (χ1n) is 7.21. The summed E-state index contributed by atoms with van der Waals surface area (Å²) in [6.07, 6.45) is 0. The molecule has 24 heavy (non-hydrogen) atoms. The molecular weight excluding hydrogens is 344 g/mol. The van der Waals surface area contributed by atoms with Crippen molar-refractivity contribution < 1.29 is 4.79 Å². The number of carbonyl (C=O) groups is 1. The number of thioether (sulfide) groups is 1. The molecule has 2 heterocycles. The van der Waals surface area contributed by atoms with E-state index in [1.54, 1.807) is 11.7 Å². The van der Waals surface area contributed by atoms with Gasteiger partial charge in [-0.3, -0.25) is 4.79 Å². The zero-order chi connectivity index (χ0) is 16.9. The first kappa shape index (κ1) is 16.5.